The zero-order valence-electron chi connectivity index (χ0n) is 11.1. The molecule has 0 aromatic heterocycles. The van der Waals surface area contributed by atoms with E-state index in [0.29, 0.717) is 6.54 Å². The maximum Gasteiger partial charge on any atom is 0.0709 e. The molecule has 1 unspecified atom stereocenters. The summed E-state index contributed by atoms with van der Waals surface area (Å²) in [4.78, 5) is 2.62. The summed E-state index contributed by atoms with van der Waals surface area (Å²) in [7, 11) is 0. The zero-order chi connectivity index (χ0) is 12.0. The fraction of sp³-hybridized carbons (Fsp3) is 1.00. The number of ether oxygens (including phenoxy) is 1. The molecule has 0 bridgehead atoms. The van der Waals surface area contributed by atoms with Crippen LogP contribution in [0.25, 0.3) is 0 Å². The van der Waals surface area contributed by atoms with Gasteiger partial charge in [-0.15, -0.1) is 0 Å². The van der Waals surface area contributed by atoms with Crippen LogP contribution in [0.3, 0.4) is 0 Å². The van der Waals surface area contributed by atoms with Crippen molar-refractivity contribution in [2.24, 2.45) is 5.73 Å². The SMILES string of the molecule is CCOC(CN)CCN1[C@H](C)CCC[C@@H]1C. The highest BCUT2D eigenvalue weighted by molar-refractivity contribution is 4.80. The highest BCUT2D eigenvalue weighted by atomic mass is 16.5. The molecule has 1 saturated heterocycles. The third-order valence-electron chi connectivity index (χ3n) is 3.75. The molecule has 1 aliphatic heterocycles. The van der Waals surface area contributed by atoms with Gasteiger partial charge >= 0.3 is 0 Å². The molecule has 0 saturated carbocycles. The van der Waals surface area contributed by atoms with Gasteiger partial charge in [-0.25, -0.2) is 0 Å². The molecule has 3 heteroatoms. The fourth-order valence-corrected chi connectivity index (χ4v) is 2.71. The molecule has 0 aliphatic carbocycles. The van der Waals surface area contributed by atoms with E-state index >= 15 is 0 Å². The Labute approximate surface area is 100 Å². The molecule has 0 amide bonds. The summed E-state index contributed by atoms with van der Waals surface area (Å²) in [6, 6.07) is 1.45. The third-order valence-corrected chi connectivity index (χ3v) is 3.75. The van der Waals surface area contributed by atoms with Crippen LogP contribution in [0, 0.1) is 0 Å². The fourth-order valence-electron chi connectivity index (χ4n) is 2.71. The molecule has 1 fully saturated rings. The average molecular weight is 228 g/mol. The second-order valence-electron chi connectivity index (χ2n) is 4.97. The Hall–Kier alpha value is -0.120. The Morgan fingerprint density at radius 2 is 1.94 bits per heavy atom. The van der Waals surface area contributed by atoms with E-state index in [4.69, 9.17) is 10.5 Å². The normalized spacial score (nSPS) is 29.2. The van der Waals surface area contributed by atoms with E-state index < -0.39 is 0 Å². The molecule has 3 atom stereocenters. The summed E-state index contributed by atoms with van der Waals surface area (Å²) in [5.74, 6) is 0. The number of nitrogens with two attached hydrogens (primary N) is 1. The first-order valence-corrected chi connectivity index (χ1v) is 6.76. The number of hydrogen-bond donors (Lipinski definition) is 1. The van der Waals surface area contributed by atoms with Gasteiger partial charge in [0.25, 0.3) is 0 Å². The summed E-state index contributed by atoms with van der Waals surface area (Å²) in [5.41, 5.74) is 5.70. The van der Waals surface area contributed by atoms with Crippen LogP contribution in [0.1, 0.15) is 46.5 Å². The molecule has 0 spiro atoms. The molecule has 3 nitrogen and oxygen atoms in total. The van der Waals surface area contributed by atoms with Crippen molar-refractivity contribution < 1.29 is 4.74 Å². The molecule has 1 rings (SSSR count). The number of rotatable bonds is 6. The number of piperidine rings is 1. The molecule has 0 aromatic carbocycles. The van der Waals surface area contributed by atoms with Gasteiger partial charge in [-0.3, -0.25) is 4.90 Å². The number of likely N-dealkylation sites (tertiary alicyclic amines) is 1. The van der Waals surface area contributed by atoms with Crippen LogP contribution in [-0.4, -0.2) is 42.8 Å². The van der Waals surface area contributed by atoms with Gasteiger partial charge in [0.05, 0.1) is 6.10 Å². The Balaban J connectivity index is 2.33. The Morgan fingerprint density at radius 3 is 2.44 bits per heavy atom. The number of hydrogen-bond acceptors (Lipinski definition) is 3. The van der Waals surface area contributed by atoms with Crippen LogP contribution >= 0.6 is 0 Å². The summed E-state index contributed by atoms with van der Waals surface area (Å²) in [5, 5.41) is 0. The molecule has 1 heterocycles. The van der Waals surface area contributed by atoms with E-state index in [2.05, 4.69) is 18.7 Å². The maximum atomic E-state index is 5.70. The molecule has 1 aliphatic rings. The van der Waals surface area contributed by atoms with Crippen molar-refractivity contribution in [3.05, 3.63) is 0 Å². The van der Waals surface area contributed by atoms with E-state index in [1.54, 1.807) is 0 Å². The van der Waals surface area contributed by atoms with Gasteiger partial charge in [0, 0.05) is 31.8 Å². The lowest BCUT2D eigenvalue weighted by atomic mass is 9.97. The Bertz CT molecular complexity index is 177. The maximum absolute atomic E-state index is 5.70. The van der Waals surface area contributed by atoms with E-state index in [-0.39, 0.29) is 6.10 Å². The van der Waals surface area contributed by atoms with Gasteiger partial charge < -0.3 is 10.5 Å². The lowest BCUT2D eigenvalue weighted by Crippen LogP contribution is -2.45. The first-order valence-electron chi connectivity index (χ1n) is 6.76. The predicted octanol–water partition coefficient (Wildman–Crippen LogP) is 2.00. The van der Waals surface area contributed by atoms with Crippen LogP contribution in [0.5, 0.6) is 0 Å². The van der Waals surface area contributed by atoms with Crippen LogP contribution in [-0.2, 0) is 4.74 Å². The summed E-state index contributed by atoms with van der Waals surface area (Å²) in [6.45, 7) is 9.26. The lowest BCUT2D eigenvalue weighted by molar-refractivity contribution is 0.0355. The molecule has 16 heavy (non-hydrogen) atoms. The quantitative estimate of drug-likeness (QED) is 0.756. The average Bonchev–Trinajstić information content (AvgIpc) is 2.27. The molecule has 2 N–H and O–H groups in total. The Morgan fingerprint density at radius 1 is 1.31 bits per heavy atom. The van der Waals surface area contributed by atoms with Crippen molar-refractivity contribution >= 4 is 0 Å². The van der Waals surface area contributed by atoms with Crippen LogP contribution < -0.4 is 5.73 Å². The van der Waals surface area contributed by atoms with E-state index in [0.717, 1.165) is 31.7 Å². The van der Waals surface area contributed by atoms with Crippen molar-refractivity contribution in [1.82, 2.24) is 4.90 Å². The van der Waals surface area contributed by atoms with Crippen LogP contribution in [0.15, 0.2) is 0 Å². The first kappa shape index (κ1) is 13.9. The minimum absolute atomic E-state index is 0.242. The van der Waals surface area contributed by atoms with Crippen LogP contribution in [0.2, 0.25) is 0 Å². The highest BCUT2D eigenvalue weighted by Gasteiger charge is 2.24. The predicted molar refractivity (Wildman–Crippen MR) is 68.6 cm³/mol. The van der Waals surface area contributed by atoms with Crippen molar-refractivity contribution in [3.63, 3.8) is 0 Å². The van der Waals surface area contributed by atoms with E-state index in [9.17, 15) is 0 Å². The number of nitrogens with zero attached hydrogens (tertiary/aromatic N) is 1. The van der Waals surface area contributed by atoms with Crippen molar-refractivity contribution in [2.45, 2.75) is 64.6 Å². The smallest absolute Gasteiger partial charge is 0.0709 e. The van der Waals surface area contributed by atoms with Crippen LogP contribution in [0.4, 0.5) is 0 Å². The molecule has 0 aromatic rings. The van der Waals surface area contributed by atoms with Gasteiger partial charge in [0.15, 0.2) is 0 Å². The monoisotopic (exact) mass is 228 g/mol. The van der Waals surface area contributed by atoms with Gasteiger partial charge in [-0.1, -0.05) is 6.42 Å². The molecular formula is C13H28N2O. The van der Waals surface area contributed by atoms with Crippen molar-refractivity contribution in [2.75, 3.05) is 19.7 Å². The minimum Gasteiger partial charge on any atom is -0.377 e. The van der Waals surface area contributed by atoms with Gasteiger partial charge in [0.2, 0.25) is 0 Å². The van der Waals surface area contributed by atoms with E-state index in [1.165, 1.54) is 19.3 Å². The largest absolute Gasteiger partial charge is 0.377 e. The second kappa shape index (κ2) is 7.25. The minimum atomic E-state index is 0.242. The molecular weight excluding hydrogens is 200 g/mol. The Kier molecular flexibility index (Phi) is 6.32. The third kappa shape index (κ3) is 4.04. The lowest BCUT2D eigenvalue weighted by Gasteiger charge is -2.39. The van der Waals surface area contributed by atoms with Gasteiger partial charge in [0.1, 0.15) is 0 Å². The standard InChI is InChI=1S/C13H28N2O/c1-4-16-13(10-14)8-9-15-11(2)6-5-7-12(15)3/h11-13H,4-10,14H2,1-3H3/t11-,12+,13?. The van der Waals surface area contributed by atoms with Crippen molar-refractivity contribution in [3.8, 4) is 0 Å². The first-order chi connectivity index (χ1) is 7.69. The summed E-state index contributed by atoms with van der Waals surface area (Å²) < 4.78 is 5.60. The van der Waals surface area contributed by atoms with Crippen molar-refractivity contribution in [1.29, 1.82) is 0 Å². The highest BCUT2D eigenvalue weighted by Crippen LogP contribution is 2.22. The van der Waals surface area contributed by atoms with Gasteiger partial charge in [-0.05, 0) is 40.0 Å². The van der Waals surface area contributed by atoms with Gasteiger partial charge in [-0.2, -0.15) is 0 Å². The zero-order valence-corrected chi connectivity index (χ0v) is 11.1. The summed E-state index contributed by atoms with van der Waals surface area (Å²) in [6.07, 6.45) is 5.37. The van der Waals surface area contributed by atoms with E-state index in [1.807, 2.05) is 6.92 Å². The second-order valence-corrected chi connectivity index (χ2v) is 4.97. The molecule has 96 valence electrons. The summed E-state index contributed by atoms with van der Waals surface area (Å²) >= 11 is 0. The topological polar surface area (TPSA) is 38.5 Å². The molecule has 0 radical (unpaired) electrons.